The number of likely N-dealkylation sites (tertiary alicyclic amines) is 1. The summed E-state index contributed by atoms with van der Waals surface area (Å²) in [5.74, 6) is -0.709. The summed E-state index contributed by atoms with van der Waals surface area (Å²) in [7, 11) is 0. The van der Waals surface area contributed by atoms with E-state index in [9.17, 15) is 4.79 Å². The highest BCUT2D eigenvalue weighted by Crippen LogP contribution is 2.27. The van der Waals surface area contributed by atoms with Gasteiger partial charge < -0.3 is 5.11 Å². The van der Waals surface area contributed by atoms with Crippen molar-refractivity contribution >= 4 is 33.5 Å². The SMILES string of the molecule is O=C(O)CCC1CCCCN1Cc1cc(Cl)ccc1Br. The zero-order valence-electron chi connectivity index (χ0n) is 11.3. The fraction of sp³-hybridized carbons (Fsp3) is 0.533. The highest BCUT2D eigenvalue weighted by Gasteiger charge is 2.23. The number of carboxylic acid groups (broad SMARTS) is 1. The molecule has 1 heterocycles. The maximum absolute atomic E-state index is 10.8. The van der Waals surface area contributed by atoms with Crippen LogP contribution in [0, 0.1) is 0 Å². The van der Waals surface area contributed by atoms with Crippen molar-refractivity contribution in [3.8, 4) is 0 Å². The van der Waals surface area contributed by atoms with Crippen LogP contribution in [0.1, 0.15) is 37.7 Å². The van der Waals surface area contributed by atoms with Crippen LogP contribution in [0.25, 0.3) is 0 Å². The second-order valence-electron chi connectivity index (χ2n) is 5.29. The first-order valence-corrected chi connectivity index (χ1v) is 8.13. The Bertz CT molecular complexity index is 481. The number of benzene rings is 1. The number of hydrogen-bond acceptors (Lipinski definition) is 2. The zero-order valence-corrected chi connectivity index (χ0v) is 13.7. The van der Waals surface area contributed by atoms with Gasteiger partial charge in [0.15, 0.2) is 0 Å². The van der Waals surface area contributed by atoms with Crippen molar-refractivity contribution in [3.05, 3.63) is 33.3 Å². The summed E-state index contributed by atoms with van der Waals surface area (Å²) in [6, 6.07) is 6.18. The van der Waals surface area contributed by atoms with Crippen molar-refractivity contribution in [2.45, 2.75) is 44.7 Å². The van der Waals surface area contributed by atoms with Gasteiger partial charge in [0.05, 0.1) is 0 Å². The van der Waals surface area contributed by atoms with Gasteiger partial charge in [-0.25, -0.2) is 0 Å². The van der Waals surface area contributed by atoms with Crippen LogP contribution in [0.15, 0.2) is 22.7 Å². The van der Waals surface area contributed by atoms with Gasteiger partial charge >= 0.3 is 5.97 Å². The van der Waals surface area contributed by atoms with Crippen molar-refractivity contribution < 1.29 is 9.90 Å². The first-order valence-electron chi connectivity index (χ1n) is 6.96. The van der Waals surface area contributed by atoms with Crippen LogP contribution in [0.2, 0.25) is 5.02 Å². The van der Waals surface area contributed by atoms with Crippen molar-refractivity contribution in [2.24, 2.45) is 0 Å². The minimum absolute atomic E-state index is 0.248. The molecule has 1 N–H and O–H groups in total. The molecule has 1 aromatic rings. The van der Waals surface area contributed by atoms with E-state index in [0.717, 1.165) is 35.4 Å². The van der Waals surface area contributed by atoms with E-state index < -0.39 is 5.97 Å². The van der Waals surface area contributed by atoms with Gasteiger partial charge in [-0.2, -0.15) is 0 Å². The molecule has 0 bridgehead atoms. The summed E-state index contributed by atoms with van der Waals surface area (Å²) in [4.78, 5) is 13.2. The minimum Gasteiger partial charge on any atom is -0.481 e. The Morgan fingerprint density at radius 3 is 3.00 bits per heavy atom. The molecule has 1 aliphatic rings. The van der Waals surface area contributed by atoms with E-state index >= 15 is 0 Å². The lowest BCUT2D eigenvalue weighted by molar-refractivity contribution is -0.137. The Morgan fingerprint density at radius 1 is 1.45 bits per heavy atom. The average Bonchev–Trinajstić information content (AvgIpc) is 2.42. The van der Waals surface area contributed by atoms with E-state index in [1.54, 1.807) is 0 Å². The van der Waals surface area contributed by atoms with Gasteiger partial charge in [0, 0.05) is 28.5 Å². The van der Waals surface area contributed by atoms with Crippen LogP contribution in [0.4, 0.5) is 0 Å². The summed E-state index contributed by atoms with van der Waals surface area (Å²) >= 11 is 9.62. The number of halogens is 2. The summed E-state index contributed by atoms with van der Waals surface area (Å²) in [5, 5.41) is 9.60. The molecule has 0 aromatic heterocycles. The first kappa shape index (κ1) is 15.8. The number of nitrogens with zero attached hydrogens (tertiary/aromatic N) is 1. The standard InChI is InChI=1S/C15H19BrClNO2/c16-14-6-4-12(17)9-11(14)10-18-8-2-1-3-13(18)5-7-15(19)20/h4,6,9,13H,1-3,5,7-8,10H2,(H,19,20). The first-order chi connectivity index (χ1) is 9.56. The Balaban J connectivity index is 2.04. The Kier molecular flexibility index (Phi) is 5.87. The van der Waals surface area contributed by atoms with E-state index in [-0.39, 0.29) is 6.42 Å². The number of carbonyl (C=O) groups is 1. The van der Waals surface area contributed by atoms with Gasteiger partial charge in [-0.1, -0.05) is 34.0 Å². The normalized spacial score (nSPS) is 20.0. The van der Waals surface area contributed by atoms with Crippen LogP contribution >= 0.6 is 27.5 Å². The topological polar surface area (TPSA) is 40.5 Å². The predicted molar refractivity (Wildman–Crippen MR) is 84.1 cm³/mol. The number of piperidine rings is 1. The van der Waals surface area contributed by atoms with Crippen LogP contribution in [0.5, 0.6) is 0 Å². The minimum atomic E-state index is -0.709. The number of hydrogen-bond donors (Lipinski definition) is 1. The Hall–Kier alpha value is -0.580. The van der Waals surface area contributed by atoms with Crippen molar-refractivity contribution in [1.82, 2.24) is 4.90 Å². The molecule has 1 saturated heterocycles. The Morgan fingerprint density at radius 2 is 2.25 bits per heavy atom. The quantitative estimate of drug-likeness (QED) is 0.850. The molecule has 0 saturated carbocycles. The molecule has 1 unspecified atom stereocenters. The molecular weight excluding hydrogens is 342 g/mol. The summed E-state index contributed by atoms with van der Waals surface area (Å²) in [5.41, 5.74) is 1.17. The smallest absolute Gasteiger partial charge is 0.303 e. The van der Waals surface area contributed by atoms with Gasteiger partial charge in [-0.3, -0.25) is 9.69 Å². The molecule has 1 aromatic carbocycles. The average molecular weight is 361 g/mol. The van der Waals surface area contributed by atoms with E-state index in [4.69, 9.17) is 16.7 Å². The van der Waals surface area contributed by atoms with Crippen LogP contribution < -0.4 is 0 Å². The lowest BCUT2D eigenvalue weighted by Gasteiger charge is -2.35. The highest BCUT2D eigenvalue weighted by molar-refractivity contribution is 9.10. The van der Waals surface area contributed by atoms with Crippen LogP contribution in [-0.2, 0) is 11.3 Å². The summed E-state index contributed by atoms with van der Waals surface area (Å²) < 4.78 is 1.06. The molecule has 20 heavy (non-hydrogen) atoms. The highest BCUT2D eigenvalue weighted by atomic mass is 79.9. The van der Waals surface area contributed by atoms with Gasteiger partial charge in [0.1, 0.15) is 0 Å². The van der Waals surface area contributed by atoms with Gasteiger partial charge in [-0.05, 0) is 49.6 Å². The van der Waals surface area contributed by atoms with Gasteiger partial charge in [0.25, 0.3) is 0 Å². The van der Waals surface area contributed by atoms with E-state index in [1.807, 2.05) is 18.2 Å². The van der Waals surface area contributed by atoms with Crippen molar-refractivity contribution in [1.29, 1.82) is 0 Å². The molecule has 0 radical (unpaired) electrons. The molecule has 2 rings (SSSR count). The lowest BCUT2D eigenvalue weighted by Crippen LogP contribution is -2.39. The molecule has 1 atom stereocenters. The molecule has 110 valence electrons. The largest absolute Gasteiger partial charge is 0.481 e. The third-order valence-corrected chi connectivity index (χ3v) is 4.83. The predicted octanol–water partition coefficient (Wildman–Crippen LogP) is 4.32. The molecular formula is C15H19BrClNO2. The zero-order chi connectivity index (χ0) is 14.5. The van der Waals surface area contributed by atoms with Gasteiger partial charge in [0.2, 0.25) is 0 Å². The summed E-state index contributed by atoms with van der Waals surface area (Å²) in [6.07, 6.45) is 4.44. The molecule has 0 aliphatic carbocycles. The molecule has 1 aliphatic heterocycles. The van der Waals surface area contributed by atoms with E-state index in [1.165, 1.54) is 18.4 Å². The molecule has 0 amide bonds. The number of rotatable bonds is 5. The molecule has 3 nitrogen and oxygen atoms in total. The Labute approximate surface area is 133 Å². The number of carboxylic acids is 1. The van der Waals surface area contributed by atoms with Crippen LogP contribution in [0.3, 0.4) is 0 Å². The molecule has 0 spiro atoms. The maximum atomic E-state index is 10.8. The third-order valence-electron chi connectivity index (χ3n) is 3.82. The van der Waals surface area contributed by atoms with Gasteiger partial charge in [-0.15, -0.1) is 0 Å². The molecule has 5 heteroatoms. The fourth-order valence-corrected chi connectivity index (χ4v) is 3.34. The monoisotopic (exact) mass is 359 g/mol. The molecule has 1 fully saturated rings. The second-order valence-corrected chi connectivity index (χ2v) is 6.58. The number of aliphatic carboxylic acids is 1. The third kappa shape index (κ3) is 4.47. The van der Waals surface area contributed by atoms with E-state index in [0.29, 0.717) is 6.04 Å². The second kappa shape index (κ2) is 7.43. The van der Waals surface area contributed by atoms with E-state index in [2.05, 4.69) is 20.8 Å². The maximum Gasteiger partial charge on any atom is 0.303 e. The lowest BCUT2D eigenvalue weighted by atomic mass is 9.97. The van der Waals surface area contributed by atoms with Crippen molar-refractivity contribution in [2.75, 3.05) is 6.54 Å². The van der Waals surface area contributed by atoms with Crippen LogP contribution in [-0.4, -0.2) is 28.6 Å². The fourth-order valence-electron chi connectivity index (χ4n) is 2.77. The van der Waals surface area contributed by atoms with Crippen molar-refractivity contribution in [3.63, 3.8) is 0 Å². The summed E-state index contributed by atoms with van der Waals surface area (Å²) in [6.45, 7) is 1.86.